The lowest BCUT2D eigenvalue weighted by Gasteiger charge is -2.24. The molecule has 2 saturated heterocycles. The fourth-order valence-electron chi connectivity index (χ4n) is 3.20. The van der Waals surface area contributed by atoms with Crippen molar-refractivity contribution in [2.45, 2.75) is 37.9 Å². The van der Waals surface area contributed by atoms with E-state index in [1.807, 2.05) is 12.1 Å². The van der Waals surface area contributed by atoms with Gasteiger partial charge in [0.15, 0.2) is 0 Å². The van der Waals surface area contributed by atoms with Gasteiger partial charge in [-0.05, 0) is 43.0 Å². The first kappa shape index (κ1) is 13.2. The average Bonchev–Trinajstić information content (AvgIpc) is 2.75. The first-order chi connectivity index (χ1) is 9.24. The number of fused-ring (bicyclic) bond motifs is 2. The van der Waals surface area contributed by atoms with E-state index < -0.39 is 0 Å². The van der Waals surface area contributed by atoms with E-state index in [1.54, 1.807) is 7.11 Å². The standard InChI is InChI=1S/C15H21ClN2O/c1-19-14-4-5-15(16)11(8-14)9-18-7-6-12-2-3-13(10-18)17-12/h4-5,8,12-13,17H,2-3,6-7,9-10H2,1H3. The minimum Gasteiger partial charge on any atom is -0.497 e. The molecule has 2 aliphatic heterocycles. The highest BCUT2D eigenvalue weighted by Gasteiger charge is 2.29. The predicted octanol–water partition coefficient (Wildman–Crippen LogP) is 2.67. The van der Waals surface area contributed by atoms with Crippen LogP contribution in [0.4, 0.5) is 0 Å². The summed E-state index contributed by atoms with van der Waals surface area (Å²) in [4.78, 5) is 2.51. The molecule has 3 rings (SSSR count). The van der Waals surface area contributed by atoms with Crippen molar-refractivity contribution in [3.63, 3.8) is 0 Å². The number of nitrogens with zero attached hydrogens (tertiary/aromatic N) is 1. The highest BCUT2D eigenvalue weighted by molar-refractivity contribution is 6.31. The van der Waals surface area contributed by atoms with Crippen LogP contribution in [0, 0.1) is 0 Å². The summed E-state index contributed by atoms with van der Waals surface area (Å²) < 4.78 is 5.28. The zero-order valence-electron chi connectivity index (χ0n) is 11.4. The lowest BCUT2D eigenvalue weighted by molar-refractivity contribution is 0.250. The highest BCUT2D eigenvalue weighted by atomic mass is 35.5. The smallest absolute Gasteiger partial charge is 0.119 e. The number of nitrogens with one attached hydrogen (secondary N) is 1. The molecule has 3 nitrogen and oxygen atoms in total. The van der Waals surface area contributed by atoms with Gasteiger partial charge in [0.05, 0.1) is 7.11 Å². The third kappa shape index (κ3) is 3.04. The number of ether oxygens (including phenoxy) is 1. The normalized spacial score (nSPS) is 27.3. The average molecular weight is 281 g/mol. The minimum absolute atomic E-state index is 0.664. The molecule has 2 heterocycles. The van der Waals surface area contributed by atoms with E-state index in [2.05, 4.69) is 16.3 Å². The summed E-state index contributed by atoms with van der Waals surface area (Å²) >= 11 is 6.29. The Hall–Kier alpha value is -0.770. The molecule has 0 spiro atoms. The fraction of sp³-hybridized carbons (Fsp3) is 0.600. The molecule has 1 aromatic rings. The van der Waals surface area contributed by atoms with Crippen LogP contribution in [0.3, 0.4) is 0 Å². The fourth-order valence-corrected chi connectivity index (χ4v) is 3.38. The molecule has 2 unspecified atom stereocenters. The largest absolute Gasteiger partial charge is 0.497 e. The van der Waals surface area contributed by atoms with E-state index in [0.717, 1.165) is 36.4 Å². The summed E-state index contributed by atoms with van der Waals surface area (Å²) in [7, 11) is 1.70. The maximum Gasteiger partial charge on any atom is 0.119 e. The molecule has 4 heteroatoms. The number of hydrogen-bond donors (Lipinski definition) is 1. The molecule has 0 aromatic heterocycles. The zero-order chi connectivity index (χ0) is 13.2. The predicted molar refractivity (Wildman–Crippen MR) is 77.8 cm³/mol. The molecule has 2 fully saturated rings. The molecular weight excluding hydrogens is 260 g/mol. The van der Waals surface area contributed by atoms with Crippen molar-refractivity contribution in [3.8, 4) is 5.75 Å². The van der Waals surface area contributed by atoms with Gasteiger partial charge in [-0.1, -0.05) is 11.6 Å². The Balaban J connectivity index is 1.70. The van der Waals surface area contributed by atoms with Crippen molar-refractivity contribution in [3.05, 3.63) is 28.8 Å². The van der Waals surface area contributed by atoms with E-state index in [9.17, 15) is 0 Å². The molecule has 104 valence electrons. The SMILES string of the molecule is COc1ccc(Cl)c(CN2CCC3CCC(C2)N3)c1. The van der Waals surface area contributed by atoms with E-state index in [1.165, 1.54) is 24.8 Å². The third-order valence-corrected chi connectivity index (χ3v) is 4.62. The second kappa shape index (κ2) is 5.70. The van der Waals surface area contributed by atoms with Gasteiger partial charge in [0.1, 0.15) is 5.75 Å². The number of rotatable bonds is 3. The molecule has 0 amide bonds. The maximum atomic E-state index is 6.29. The van der Waals surface area contributed by atoms with Crippen LogP contribution in [0.5, 0.6) is 5.75 Å². The number of likely N-dealkylation sites (tertiary alicyclic amines) is 1. The molecule has 2 bridgehead atoms. The lowest BCUT2D eigenvalue weighted by atomic mass is 10.1. The second-order valence-corrected chi connectivity index (χ2v) is 6.03. The summed E-state index contributed by atoms with van der Waals surface area (Å²) in [5, 5.41) is 4.54. The Bertz CT molecular complexity index is 452. The topological polar surface area (TPSA) is 24.5 Å². The Morgan fingerprint density at radius 1 is 1.32 bits per heavy atom. The molecule has 2 aliphatic rings. The van der Waals surface area contributed by atoms with Crippen molar-refractivity contribution in [2.75, 3.05) is 20.2 Å². The Morgan fingerprint density at radius 3 is 3.00 bits per heavy atom. The Labute approximate surface area is 119 Å². The first-order valence-corrected chi connectivity index (χ1v) is 7.43. The third-order valence-electron chi connectivity index (χ3n) is 4.25. The van der Waals surface area contributed by atoms with Gasteiger partial charge in [0.25, 0.3) is 0 Å². The van der Waals surface area contributed by atoms with Crippen LogP contribution in [0.2, 0.25) is 5.02 Å². The van der Waals surface area contributed by atoms with Gasteiger partial charge in [-0.25, -0.2) is 0 Å². The van der Waals surface area contributed by atoms with Crippen LogP contribution in [0.1, 0.15) is 24.8 Å². The van der Waals surface area contributed by atoms with Gasteiger partial charge in [-0.2, -0.15) is 0 Å². The van der Waals surface area contributed by atoms with Crippen LogP contribution in [-0.4, -0.2) is 37.2 Å². The summed E-state index contributed by atoms with van der Waals surface area (Å²) in [6.45, 7) is 3.20. The van der Waals surface area contributed by atoms with E-state index in [0.29, 0.717) is 6.04 Å². The lowest BCUT2D eigenvalue weighted by Crippen LogP contribution is -2.35. The minimum atomic E-state index is 0.664. The van der Waals surface area contributed by atoms with E-state index in [-0.39, 0.29) is 0 Å². The van der Waals surface area contributed by atoms with Crippen molar-refractivity contribution < 1.29 is 4.74 Å². The van der Waals surface area contributed by atoms with Gasteiger partial charge < -0.3 is 10.1 Å². The number of hydrogen-bond acceptors (Lipinski definition) is 3. The molecule has 19 heavy (non-hydrogen) atoms. The summed E-state index contributed by atoms with van der Waals surface area (Å²) in [5.74, 6) is 0.883. The zero-order valence-corrected chi connectivity index (χ0v) is 12.1. The Kier molecular flexibility index (Phi) is 3.96. The number of methoxy groups -OCH3 is 1. The van der Waals surface area contributed by atoms with Gasteiger partial charge in [0, 0.05) is 36.7 Å². The van der Waals surface area contributed by atoms with E-state index in [4.69, 9.17) is 16.3 Å². The van der Waals surface area contributed by atoms with Crippen molar-refractivity contribution in [1.29, 1.82) is 0 Å². The highest BCUT2D eigenvalue weighted by Crippen LogP contribution is 2.26. The van der Waals surface area contributed by atoms with Crippen LogP contribution in [0.15, 0.2) is 18.2 Å². The molecular formula is C15H21ClN2O. The van der Waals surface area contributed by atoms with Crippen LogP contribution in [0.25, 0.3) is 0 Å². The quantitative estimate of drug-likeness (QED) is 0.921. The Morgan fingerprint density at radius 2 is 2.16 bits per heavy atom. The van der Waals surface area contributed by atoms with Crippen LogP contribution in [-0.2, 0) is 6.54 Å². The summed E-state index contributed by atoms with van der Waals surface area (Å²) in [6, 6.07) is 7.29. The van der Waals surface area contributed by atoms with Crippen LogP contribution >= 0.6 is 11.6 Å². The van der Waals surface area contributed by atoms with Gasteiger partial charge in [-0.15, -0.1) is 0 Å². The molecule has 1 aromatic carbocycles. The maximum absolute atomic E-state index is 6.29. The van der Waals surface area contributed by atoms with Crippen molar-refractivity contribution >= 4 is 11.6 Å². The first-order valence-electron chi connectivity index (χ1n) is 7.05. The molecule has 0 aliphatic carbocycles. The van der Waals surface area contributed by atoms with Gasteiger partial charge in [0.2, 0.25) is 0 Å². The second-order valence-electron chi connectivity index (χ2n) is 5.62. The molecule has 0 radical (unpaired) electrons. The van der Waals surface area contributed by atoms with Crippen molar-refractivity contribution in [2.24, 2.45) is 0 Å². The molecule has 1 N–H and O–H groups in total. The monoisotopic (exact) mass is 280 g/mol. The van der Waals surface area contributed by atoms with Gasteiger partial charge >= 0.3 is 0 Å². The summed E-state index contributed by atoms with van der Waals surface area (Å²) in [5.41, 5.74) is 1.17. The van der Waals surface area contributed by atoms with E-state index >= 15 is 0 Å². The van der Waals surface area contributed by atoms with Gasteiger partial charge in [-0.3, -0.25) is 4.90 Å². The number of benzene rings is 1. The van der Waals surface area contributed by atoms with Crippen LogP contribution < -0.4 is 10.1 Å². The summed E-state index contributed by atoms with van der Waals surface area (Å²) in [6.07, 6.45) is 3.91. The molecule has 0 saturated carbocycles. The number of halogens is 1. The molecule has 2 atom stereocenters. The van der Waals surface area contributed by atoms with Crippen molar-refractivity contribution in [1.82, 2.24) is 10.2 Å².